The van der Waals surface area contributed by atoms with Gasteiger partial charge in [-0.25, -0.2) is 9.59 Å². The molecule has 1 rings (SSSR count). The van der Waals surface area contributed by atoms with E-state index in [1.165, 1.54) is 6.08 Å². The van der Waals surface area contributed by atoms with E-state index in [2.05, 4.69) is 10.1 Å². The quantitative estimate of drug-likeness (QED) is 0.304. The molecule has 1 N–H and O–H groups in total. The first kappa shape index (κ1) is 12.8. The Morgan fingerprint density at radius 2 is 2.29 bits per heavy atom. The average Bonchev–Trinajstić information content (AvgIpc) is 2.63. The Bertz CT molecular complexity index is 398. The van der Waals surface area contributed by atoms with Crippen LogP contribution in [0.1, 0.15) is 6.92 Å². The van der Waals surface area contributed by atoms with Crippen LogP contribution in [-0.2, 0) is 28.6 Å². The Balaban J connectivity index is 2.64. The fourth-order valence-corrected chi connectivity index (χ4v) is 1.02. The zero-order valence-corrected chi connectivity index (χ0v) is 9.26. The lowest BCUT2D eigenvalue weighted by Crippen LogP contribution is -2.21. The molecule has 1 amide bonds. The van der Waals surface area contributed by atoms with Crippen molar-refractivity contribution < 1.29 is 28.6 Å². The molecule has 1 aliphatic rings. The van der Waals surface area contributed by atoms with Crippen LogP contribution in [-0.4, -0.2) is 31.7 Å². The van der Waals surface area contributed by atoms with Gasteiger partial charge in [-0.05, 0) is 6.92 Å². The molecular formula is C10H11NO6. The van der Waals surface area contributed by atoms with Gasteiger partial charge in [-0.2, -0.15) is 0 Å². The van der Waals surface area contributed by atoms with Crippen LogP contribution in [0.5, 0.6) is 0 Å². The second-order valence-electron chi connectivity index (χ2n) is 3.04. The van der Waals surface area contributed by atoms with Crippen molar-refractivity contribution >= 4 is 18.3 Å². The van der Waals surface area contributed by atoms with Gasteiger partial charge in [0.15, 0.2) is 5.70 Å². The summed E-state index contributed by atoms with van der Waals surface area (Å²) < 4.78 is 14.1. The number of carbonyl (C=O) groups is 3. The van der Waals surface area contributed by atoms with Crippen molar-refractivity contribution in [2.24, 2.45) is 0 Å². The first-order valence-electron chi connectivity index (χ1n) is 4.62. The summed E-state index contributed by atoms with van der Waals surface area (Å²) in [7, 11) is 1.16. The van der Waals surface area contributed by atoms with Crippen molar-refractivity contribution in [2.75, 3.05) is 7.11 Å². The molecule has 7 heteroatoms. The van der Waals surface area contributed by atoms with Crippen molar-refractivity contribution in [3.8, 4) is 0 Å². The summed E-state index contributed by atoms with van der Waals surface area (Å²) in [5.41, 5.74) is 0.211. The number of rotatable bonds is 5. The molecule has 0 aromatic heterocycles. The summed E-state index contributed by atoms with van der Waals surface area (Å²) in [5.74, 6) is -1.27. The van der Waals surface area contributed by atoms with Gasteiger partial charge in [-0.15, -0.1) is 0 Å². The van der Waals surface area contributed by atoms with Crippen molar-refractivity contribution in [3.63, 3.8) is 0 Å². The molecule has 0 fully saturated rings. The molecule has 1 atom stereocenters. The predicted molar refractivity (Wildman–Crippen MR) is 54.0 cm³/mol. The van der Waals surface area contributed by atoms with Crippen molar-refractivity contribution in [1.29, 1.82) is 0 Å². The normalized spacial score (nSPS) is 19.2. The monoisotopic (exact) mass is 241 g/mol. The fraction of sp³-hybridized carbons (Fsp3) is 0.300. The molecule has 0 radical (unpaired) electrons. The average molecular weight is 241 g/mol. The number of nitrogens with one attached hydrogen (secondary N) is 1. The standard InChI is InChI=1S/C10H11NO6/c1-6-3-8(17-9(6)13)16-4-7(11-5-12)10(14)15-2/h3-5,8H,1-2H3,(H,11,12)/b7-4+/t8-/m1/s1. The molecule has 0 aromatic rings. The minimum atomic E-state index is -0.907. The highest BCUT2D eigenvalue weighted by atomic mass is 16.7. The van der Waals surface area contributed by atoms with Crippen LogP contribution in [0, 0.1) is 0 Å². The Hall–Kier alpha value is -2.31. The van der Waals surface area contributed by atoms with Gasteiger partial charge in [0.25, 0.3) is 6.29 Å². The summed E-state index contributed by atoms with van der Waals surface area (Å²) in [4.78, 5) is 32.3. The first-order valence-corrected chi connectivity index (χ1v) is 4.62. The third-order valence-corrected chi connectivity index (χ3v) is 1.87. The van der Waals surface area contributed by atoms with Crippen LogP contribution in [0.25, 0.3) is 0 Å². The second kappa shape index (κ2) is 5.69. The maximum Gasteiger partial charge on any atom is 0.357 e. The molecule has 0 saturated carbocycles. The zero-order valence-electron chi connectivity index (χ0n) is 9.26. The number of hydrogen-bond donors (Lipinski definition) is 1. The molecule has 7 nitrogen and oxygen atoms in total. The van der Waals surface area contributed by atoms with E-state index in [9.17, 15) is 14.4 Å². The van der Waals surface area contributed by atoms with E-state index in [-0.39, 0.29) is 5.70 Å². The van der Waals surface area contributed by atoms with Gasteiger partial charge < -0.3 is 19.5 Å². The Morgan fingerprint density at radius 1 is 1.59 bits per heavy atom. The number of carbonyl (C=O) groups excluding carboxylic acids is 3. The minimum Gasteiger partial charge on any atom is -0.464 e. The number of ether oxygens (including phenoxy) is 3. The second-order valence-corrected chi connectivity index (χ2v) is 3.04. The Kier molecular flexibility index (Phi) is 4.27. The zero-order chi connectivity index (χ0) is 12.8. The highest BCUT2D eigenvalue weighted by Gasteiger charge is 2.23. The lowest BCUT2D eigenvalue weighted by atomic mass is 10.3. The molecule has 0 bridgehead atoms. The molecule has 0 aliphatic carbocycles. The lowest BCUT2D eigenvalue weighted by Gasteiger charge is -2.09. The van der Waals surface area contributed by atoms with E-state index in [4.69, 9.17) is 9.47 Å². The molecule has 0 spiro atoms. The molecule has 0 saturated heterocycles. The number of hydrogen-bond acceptors (Lipinski definition) is 6. The van der Waals surface area contributed by atoms with Gasteiger partial charge in [0, 0.05) is 11.6 Å². The summed E-state index contributed by atoms with van der Waals surface area (Å²) in [6.45, 7) is 1.57. The van der Waals surface area contributed by atoms with Gasteiger partial charge in [0.05, 0.1) is 7.11 Å². The minimum absolute atomic E-state index is 0.198. The van der Waals surface area contributed by atoms with E-state index in [1.54, 1.807) is 6.92 Å². The van der Waals surface area contributed by atoms with Gasteiger partial charge in [-0.1, -0.05) is 0 Å². The fourth-order valence-electron chi connectivity index (χ4n) is 1.02. The van der Waals surface area contributed by atoms with E-state index in [1.807, 2.05) is 0 Å². The predicted octanol–water partition coefficient (Wildman–Crippen LogP) is -0.407. The summed E-state index contributed by atoms with van der Waals surface area (Å²) in [6, 6.07) is 0. The highest BCUT2D eigenvalue weighted by Crippen LogP contribution is 2.14. The van der Waals surface area contributed by atoms with E-state index < -0.39 is 18.2 Å². The van der Waals surface area contributed by atoms with Gasteiger partial charge in [0.2, 0.25) is 6.41 Å². The maximum absolute atomic E-state index is 11.1. The van der Waals surface area contributed by atoms with Crippen molar-refractivity contribution in [2.45, 2.75) is 13.2 Å². The van der Waals surface area contributed by atoms with Crippen LogP contribution in [0.15, 0.2) is 23.6 Å². The molecule has 0 unspecified atom stereocenters. The smallest absolute Gasteiger partial charge is 0.357 e. The van der Waals surface area contributed by atoms with Crippen LogP contribution >= 0.6 is 0 Å². The third-order valence-electron chi connectivity index (χ3n) is 1.87. The Morgan fingerprint density at radius 3 is 2.76 bits per heavy atom. The van der Waals surface area contributed by atoms with Crippen LogP contribution in [0.2, 0.25) is 0 Å². The van der Waals surface area contributed by atoms with Crippen LogP contribution in [0.3, 0.4) is 0 Å². The summed E-state index contributed by atoms with van der Waals surface area (Å²) >= 11 is 0. The lowest BCUT2D eigenvalue weighted by molar-refractivity contribution is -0.152. The maximum atomic E-state index is 11.1. The van der Waals surface area contributed by atoms with Gasteiger partial charge in [0.1, 0.15) is 6.26 Å². The molecule has 1 heterocycles. The van der Waals surface area contributed by atoms with E-state index >= 15 is 0 Å². The molecule has 17 heavy (non-hydrogen) atoms. The van der Waals surface area contributed by atoms with Crippen molar-refractivity contribution in [3.05, 3.63) is 23.6 Å². The highest BCUT2D eigenvalue weighted by molar-refractivity contribution is 5.90. The first-order chi connectivity index (χ1) is 8.08. The summed E-state index contributed by atoms with van der Waals surface area (Å²) in [6.07, 6.45) is 1.78. The molecule has 92 valence electrons. The van der Waals surface area contributed by atoms with E-state index in [0.717, 1.165) is 13.4 Å². The number of cyclic esters (lactones) is 1. The van der Waals surface area contributed by atoms with E-state index in [0.29, 0.717) is 12.0 Å². The summed E-state index contributed by atoms with van der Waals surface area (Å²) in [5, 5.41) is 2.10. The van der Waals surface area contributed by atoms with Gasteiger partial charge >= 0.3 is 11.9 Å². The number of esters is 2. The molecule has 1 aliphatic heterocycles. The topological polar surface area (TPSA) is 90.9 Å². The molecule has 0 aromatic carbocycles. The van der Waals surface area contributed by atoms with Crippen molar-refractivity contribution in [1.82, 2.24) is 5.32 Å². The largest absolute Gasteiger partial charge is 0.464 e. The van der Waals surface area contributed by atoms with Gasteiger partial charge in [-0.3, -0.25) is 4.79 Å². The van der Waals surface area contributed by atoms with Crippen LogP contribution < -0.4 is 5.32 Å². The number of methoxy groups -OCH3 is 1. The SMILES string of the molecule is COC(=O)/C(=C\O[C@H]1C=C(C)C(=O)O1)NC=O. The molecular weight excluding hydrogens is 230 g/mol. The number of amides is 1. The third kappa shape index (κ3) is 3.33. The van der Waals surface area contributed by atoms with Crippen LogP contribution in [0.4, 0.5) is 0 Å². The Labute approximate surface area is 97.0 Å².